The fourth-order valence-electron chi connectivity index (χ4n) is 0.992. The third-order valence-electron chi connectivity index (χ3n) is 1.80. The number of urea groups is 1. The zero-order valence-corrected chi connectivity index (χ0v) is 10.7. The number of carboxylic acids is 1. The van der Waals surface area contributed by atoms with Crippen molar-refractivity contribution in [3.8, 4) is 0 Å². The van der Waals surface area contributed by atoms with Crippen LogP contribution in [0.1, 0.15) is 6.92 Å². The summed E-state index contributed by atoms with van der Waals surface area (Å²) in [5.74, 6) is -1.07. The number of anilines is 1. The number of aliphatic carboxylic acids is 1. The Balaban J connectivity index is 2.55. The summed E-state index contributed by atoms with van der Waals surface area (Å²) >= 11 is 2.12. The first-order valence-electron chi connectivity index (χ1n) is 4.55. The Hall–Kier alpha value is -1.31. The van der Waals surface area contributed by atoms with Crippen LogP contribution < -0.4 is 10.6 Å². The Labute approximate surface area is 106 Å². The van der Waals surface area contributed by atoms with Crippen molar-refractivity contribution in [1.82, 2.24) is 5.32 Å². The third-order valence-corrected chi connectivity index (χ3v) is 2.47. The molecule has 0 radical (unpaired) electrons. The molecule has 0 spiro atoms. The highest BCUT2D eigenvalue weighted by molar-refractivity contribution is 14.1. The lowest BCUT2D eigenvalue weighted by Crippen LogP contribution is -2.40. The number of carbonyl (C=O) groups excluding carboxylic acids is 1. The Morgan fingerprint density at radius 3 is 2.69 bits per heavy atom. The molecule has 0 saturated carbocycles. The van der Waals surface area contributed by atoms with E-state index in [9.17, 15) is 9.59 Å². The number of rotatable bonds is 3. The third kappa shape index (κ3) is 4.05. The van der Waals surface area contributed by atoms with Crippen molar-refractivity contribution in [2.24, 2.45) is 0 Å². The summed E-state index contributed by atoms with van der Waals surface area (Å²) in [6.45, 7) is 1.40. The molecule has 0 unspecified atom stereocenters. The molecule has 0 aliphatic carbocycles. The maximum absolute atomic E-state index is 11.4. The van der Waals surface area contributed by atoms with Crippen LogP contribution in [-0.2, 0) is 4.79 Å². The van der Waals surface area contributed by atoms with Crippen molar-refractivity contribution in [2.45, 2.75) is 13.0 Å². The van der Waals surface area contributed by atoms with Crippen molar-refractivity contribution >= 4 is 40.3 Å². The Morgan fingerprint density at radius 2 is 2.12 bits per heavy atom. The second-order valence-electron chi connectivity index (χ2n) is 3.17. The topological polar surface area (TPSA) is 78.4 Å². The molecule has 6 heteroatoms. The summed E-state index contributed by atoms with van der Waals surface area (Å²) < 4.78 is 0.988. The van der Waals surface area contributed by atoms with E-state index in [1.807, 2.05) is 6.07 Å². The van der Waals surface area contributed by atoms with Gasteiger partial charge in [0.15, 0.2) is 0 Å². The fourth-order valence-corrected chi connectivity index (χ4v) is 1.53. The molecule has 0 aliphatic heterocycles. The van der Waals surface area contributed by atoms with Gasteiger partial charge in [0.2, 0.25) is 0 Å². The highest BCUT2D eigenvalue weighted by Gasteiger charge is 2.13. The van der Waals surface area contributed by atoms with Crippen LogP contribution in [0.2, 0.25) is 0 Å². The first kappa shape index (κ1) is 12.8. The summed E-state index contributed by atoms with van der Waals surface area (Å²) in [5, 5.41) is 13.4. The van der Waals surface area contributed by atoms with E-state index in [2.05, 4.69) is 33.2 Å². The highest BCUT2D eigenvalue weighted by Crippen LogP contribution is 2.11. The molecule has 1 atom stereocenters. The summed E-state index contributed by atoms with van der Waals surface area (Å²) in [4.78, 5) is 21.8. The second-order valence-corrected chi connectivity index (χ2v) is 4.41. The van der Waals surface area contributed by atoms with Gasteiger partial charge in [-0.15, -0.1) is 0 Å². The largest absolute Gasteiger partial charge is 0.480 e. The Kier molecular flexibility index (Phi) is 4.53. The molecule has 16 heavy (non-hydrogen) atoms. The van der Waals surface area contributed by atoms with E-state index in [4.69, 9.17) is 5.11 Å². The lowest BCUT2D eigenvalue weighted by Gasteiger charge is -2.10. The van der Waals surface area contributed by atoms with E-state index < -0.39 is 18.0 Å². The van der Waals surface area contributed by atoms with E-state index in [0.717, 1.165) is 3.57 Å². The van der Waals surface area contributed by atoms with Gasteiger partial charge in [-0.05, 0) is 47.7 Å². The van der Waals surface area contributed by atoms with Crippen LogP contribution in [0.15, 0.2) is 24.3 Å². The number of hydrogen-bond acceptors (Lipinski definition) is 2. The first-order valence-corrected chi connectivity index (χ1v) is 5.63. The van der Waals surface area contributed by atoms with Crippen molar-refractivity contribution in [3.05, 3.63) is 27.8 Å². The van der Waals surface area contributed by atoms with Gasteiger partial charge in [-0.1, -0.05) is 6.07 Å². The molecule has 1 rings (SSSR count). The zero-order chi connectivity index (χ0) is 12.1. The molecule has 1 aromatic rings. The van der Waals surface area contributed by atoms with E-state index in [0.29, 0.717) is 5.69 Å². The van der Waals surface area contributed by atoms with Gasteiger partial charge in [-0.2, -0.15) is 0 Å². The number of carbonyl (C=O) groups is 2. The molecular weight excluding hydrogens is 323 g/mol. The van der Waals surface area contributed by atoms with Crippen LogP contribution in [0.25, 0.3) is 0 Å². The average Bonchev–Trinajstić information content (AvgIpc) is 2.16. The predicted molar refractivity (Wildman–Crippen MR) is 68.4 cm³/mol. The molecule has 5 nitrogen and oxygen atoms in total. The molecule has 0 fully saturated rings. The summed E-state index contributed by atoms with van der Waals surface area (Å²) in [7, 11) is 0. The smallest absolute Gasteiger partial charge is 0.325 e. The first-order chi connectivity index (χ1) is 7.49. The monoisotopic (exact) mass is 334 g/mol. The maximum atomic E-state index is 11.4. The molecule has 1 aromatic carbocycles. The van der Waals surface area contributed by atoms with Crippen LogP contribution in [-0.4, -0.2) is 23.1 Å². The van der Waals surface area contributed by atoms with E-state index in [1.165, 1.54) is 6.92 Å². The number of benzene rings is 1. The van der Waals surface area contributed by atoms with Crippen LogP contribution >= 0.6 is 22.6 Å². The number of nitrogens with one attached hydrogen (secondary N) is 2. The fraction of sp³-hybridized carbons (Fsp3) is 0.200. The Bertz CT molecular complexity index is 409. The minimum absolute atomic E-state index is 0.531. The SMILES string of the molecule is C[C@@H](NC(=O)Nc1cccc(I)c1)C(=O)O. The molecule has 0 aromatic heterocycles. The Morgan fingerprint density at radius 1 is 1.44 bits per heavy atom. The summed E-state index contributed by atoms with van der Waals surface area (Å²) in [5.41, 5.74) is 0.627. The molecular formula is C10H11IN2O3. The average molecular weight is 334 g/mol. The normalized spacial score (nSPS) is 11.6. The standard InChI is InChI=1S/C10H11IN2O3/c1-6(9(14)15)12-10(16)13-8-4-2-3-7(11)5-8/h2-6H,1H3,(H,14,15)(H2,12,13,16)/t6-/m1/s1. The van der Waals surface area contributed by atoms with E-state index in [-0.39, 0.29) is 0 Å². The lowest BCUT2D eigenvalue weighted by atomic mass is 10.3. The molecule has 0 bridgehead atoms. The van der Waals surface area contributed by atoms with Gasteiger partial charge in [0.05, 0.1) is 0 Å². The number of amides is 2. The van der Waals surface area contributed by atoms with Crippen molar-refractivity contribution in [3.63, 3.8) is 0 Å². The summed E-state index contributed by atoms with van der Waals surface area (Å²) in [6.07, 6.45) is 0. The minimum Gasteiger partial charge on any atom is -0.480 e. The summed E-state index contributed by atoms with van der Waals surface area (Å²) in [6, 6.07) is 5.76. The van der Waals surface area contributed by atoms with Crippen LogP contribution in [0.5, 0.6) is 0 Å². The van der Waals surface area contributed by atoms with Gasteiger partial charge >= 0.3 is 12.0 Å². The zero-order valence-electron chi connectivity index (χ0n) is 8.53. The highest BCUT2D eigenvalue weighted by atomic mass is 127. The number of halogens is 1. The lowest BCUT2D eigenvalue weighted by molar-refractivity contribution is -0.138. The minimum atomic E-state index is -1.07. The van der Waals surface area contributed by atoms with Gasteiger partial charge in [0, 0.05) is 9.26 Å². The molecule has 2 amide bonds. The van der Waals surface area contributed by atoms with Crippen LogP contribution in [0.4, 0.5) is 10.5 Å². The number of hydrogen-bond donors (Lipinski definition) is 3. The second kappa shape index (κ2) is 5.69. The molecule has 3 N–H and O–H groups in total. The molecule has 0 aliphatic rings. The van der Waals surface area contributed by atoms with Crippen LogP contribution in [0.3, 0.4) is 0 Å². The van der Waals surface area contributed by atoms with Gasteiger partial charge in [-0.3, -0.25) is 4.79 Å². The van der Waals surface area contributed by atoms with E-state index in [1.54, 1.807) is 18.2 Å². The van der Waals surface area contributed by atoms with Crippen molar-refractivity contribution in [1.29, 1.82) is 0 Å². The van der Waals surface area contributed by atoms with Crippen molar-refractivity contribution in [2.75, 3.05) is 5.32 Å². The quantitative estimate of drug-likeness (QED) is 0.739. The van der Waals surface area contributed by atoms with Gasteiger partial charge in [0.1, 0.15) is 6.04 Å². The van der Waals surface area contributed by atoms with Gasteiger partial charge < -0.3 is 15.7 Å². The van der Waals surface area contributed by atoms with E-state index >= 15 is 0 Å². The molecule has 86 valence electrons. The van der Waals surface area contributed by atoms with Gasteiger partial charge in [0.25, 0.3) is 0 Å². The van der Waals surface area contributed by atoms with Crippen LogP contribution in [0, 0.1) is 3.57 Å². The van der Waals surface area contributed by atoms with Crippen molar-refractivity contribution < 1.29 is 14.7 Å². The molecule has 0 saturated heterocycles. The van der Waals surface area contributed by atoms with Gasteiger partial charge in [-0.25, -0.2) is 4.79 Å². The predicted octanol–water partition coefficient (Wildman–Crippen LogP) is 1.89. The molecule has 0 heterocycles. The maximum Gasteiger partial charge on any atom is 0.325 e. The number of carboxylic acid groups (broad SMARTS) is 1.